The van der Waals surface area contributed by atoms with E-state index in [1.165, 1.54) is 35.7 Å². The van der Waals surface area contributed by atoms with Crippen LogP contribution in [-0.2, 0) is 24.3 Å². The zero-order valence-corrected chi connectivity index (χ0v) is 17.7. The van der Waals surface area contributed by atoms with E-state index in [1.807, 2.05) is 13.8 Å². The number of methoxy groups -OCH3 is 1. The van der Waals surface area contributed by atoms with Gasteiger partial charge in [-0.05, 0) is 44.0 Å². The number of carbonyl (C=O) groups is 2. The van der Waals surface area contributed by atoms with Crippen molar-refractivity contribution in [2.75, 3.05) is 20.2 Å². The Morgan fingerprint density at radius 2 is 1.68 bits per heavy atom. The van der Waals surface area contributed by atoms with Gasteiger partial charge < -0.3 is 14.8 Å². The van der Waals surface area contributed by atoms with Crippen molar-refractivity contribution in [2.45, 2.75) is 50.8 Å². The van der Waals surface area contributed by atoms with Crippen LogP contribution in [0.3, 0.4) is 0 Å². The summed E-state index contributed by atoms with van der Waals surface area (Å²) < 4.78 is 37.4. The number of nitrogens with zero attached hydrogens (tertiary/aromatic N) is 1. The molecule has 0 aromatic heterocycles. The predicted octanol–water partition coefficient (Wildman–Crippen LogP) is 1.41. The summed E-state index contributed by atoms with van der Waals surface area (Å²) in [7, 11) is -2.42. The minimum absolute atomic E-state index is 0.110. The smallest absolute Gasteiger partial charge is 0.328 e. The van der Waals surface area contributed by atoms with E-state index < -0.39 is 27.9 Å². The molecule has 1 aromatic rings. The van der Waals surface area contributed by atoms with E-state index in [2.05, 4.69) is 5.32 Å². The first-order valence-electron chi connectivity index (χ1n) is 9.20. The standard InChI is InChI=1S/C19H28N2O6S/c1-12(2)17(19(23)26-5)20-18(22)15-6-8-16(9-7-15)28(24,25)21-10-13(3)27-14(4)11-21/h6-9,12-14,17H,10-11H2,1-5H3,(H,20,22)/t13-,14-,17+/m0/s1. The number of ether oxygens (including phenoxy) is 2. The summed E-state index contributed by atoms with van der Waals surface area (Å²) in [4.78, 5) is 24.3. The number of hydrogen-bond acceptors (Lipinski definition) is 6. The third kappa shape index (κ3) is 5.09. The minimum Gasteiger partial charge on any atom is -0.467 e. The number of amides is 1. The van der Waals surface area contributed by atoms with Crippen LogP contribution in [0.1, 0.15) is 38.1 Å². The van der Waals surface area contributed by atoms with Crippen LogP contribution in [0.4, 0.5) is 0 Å². The van der Waals surface area contributed by atoms with Gasteiger partial charge in [-0.25, -0.2) is 13.2 Å². The molecule has 1 N–H and O–H groups in total. The summed E-state index contributed by atoms with van der Waals surface area (Å²) in [6.45, 7) is 7.81. The number of benzene rings is 1. The number of sulfonamides is 1. The molecule has 0 saturated carbocycles. The molecule has 0 radical (unpaired) electrons. The van der Waals surface area contributed by atoms with Crippen LogP contribution in [-0.4, -0.2) is 63.0 Å². The fourth-order valence-corrected chi connectivity index (χ4v) is 4.69. The normalized spacial score (nSPS) is 21.9. The van der Waals surface area contributed by atoms with Gasteiger partial charge in [-0.15, -0.1) is 0 Å². The Hall–Kier alpha value is -1.97. The molecular formula is C19H28N2O6S. The van der Waals surface area contributed by atoms with Crippen molar-refractivity contribution in [2.24, 2.45) is 5.92 Å². The molecule has 0 aliphatic carbocycles. The van der Waals surface area contributed by atoms with Crippen LogP contribution in [0, 0.1) is 5.92 Å². The van der Waals surface area contributed by atoms with E-state index in [0.717, 1.165) is 0 Å². The summed E-state index contributed by atoms with van der Waals surface area (Å²) >= 11 is 0. The Bertz CT molecular complexity index is 796. The first kappa shape index (κ1) is 22.3. The van der Waals surface area contributed by atoms with Gasteiger partial charge in [0.1, 0.15) is 6.04 Å². The highest BCUT2D eigenvalue weighted by molar-refractivity contribution is 7.89. The number of carbonyl (C=O) groups excluding carboxylic acids is 2. The molecule has 3 atom stereocenters. The second-order valence-corrected chi connectivity index (χ2v) is 9.26. The number of nitrogens with one attached hydrogen (secondary N) is 1. The van der Waals surface area contributed by atoms with Gasteiger partial charge in [-0.2, -0.15) is 4.31 Å². The largest absolute Gasteiger partial charge is 0.467 e. The van der Waals surface area contributed by atoms with Gasteiger partial charge in [-0.3, -0.25) is 4.79 Å². The summed E-state index contributed by atoms with van der Waals surface area (Å²) in [5.41, 5.74) is 0.261. The molecule has 1 aliphatic rings. The molecule has 0 bridgehead atoms. The van der Waals surface area contributed by atoms with Crippen LogP contribution in [0.25, 0.3) is 0 Å². The second kappa shape index (κ2) is 9.02. The molecule has 2 rings (SSSR count). The van der Waals surface area contributed by atoms with Crippen molar-refractivity contribution >= 4 is 21.9 Å². The maximum atomic E-state index is 12.9. The van der Waals surface area contributed by atoms with E-state index in [4.69, 9.17) is 9.47 Å². The van der Waals surface area contributed by atoms with E-state index in [-0.39, 0.29) is 41.7 Å². The molecule has 9 heteroatoms. The fraction of sp³-hybridized carbons (Fsp3) is 0.579. The zero-order valence-electron chi connectivity index (χ0n) is 16.8. The Morgan fingerprint density at radius 1 is 1.14 bits per heavy atom. The van der Waals surface area contributed by atoms with Gasteiger partial charge in [0.05, 0.1) is 24.2 Å². The quantitative estimate of drug-likeness (QED) is 0.709. The van der Waals surface area contributed by atoms with E-state index >= 15 is 0 Å². The first-order valence-corrected chi connectivity index (χ1v) is 10.6. The molecule has 1 heterocycles. The van der Waals surface area contributed by atoms with Gasteiger partial charge in [-0.1, -0.05) is 13.8 Å². The monoisotopic (exact) mass is 412 g/mol. The van der Waals surface area contributed by atoms with Crippen LogP contribution < -0.4 is 5.32 Å². The maximum absolute atomic E-state index is 12.9. The highest BCUT2D eigenvalue weighted by atomic mass is 32.2. The van der Waals surface area contributed by atoms with Crippen LogP contribution in [0.2, 0.25) is 0 Å². The average Bonchev–Trinajstić information content (AvgIpc) is 2.64. The van der Waals surface area contributed by atoms with Crippen molar-refractivity contribution < 1.29 is 27.5 Å². The number of rotatable bonds is 6. The molecule has 1 fully saturated rings. The van der Waals surface area contributed by atoms with Gasteiger partial charge in [0.25, 0.3) is 5.91 Å². The molecule has 28 heavy (non-hydrogen) atoms. The highest BCUT2D eigenvalue weighted by Crippen LogP contribution is 2.21. The van der Waals surface area contributed by atoms with Crippen molar-refractivity contribution in [3.05, 3.63) is 29.8 Å². The molecule has 0 spiro atoms. The minimum atomic E-state index is -3.68. The topological polar surface area (TPSA) is 102 Å². The summed E-state index contributed by atoms with van der Waals surface area (Å²) in [5, 5.41) is 2.63. The fourth-order valence-electron chi connectivity index (χ4n) is 3.10. The lowest BCUT2D eigenvalue weighted by Crippen LogP contribution is -2.48. The molecule has 1 aliphatic heterocycles. The Balaban J connectivity index is 2.16. The number of hydrogen-bond donors (Lipinski definition) is 1. The maximum Gasteiger partial charge on any atom is 0.328 e. The van der Waals surface area contributed by atoms with E-state index in [0.29, 0.717) is 0 Å². The molecule has 8 nitrogen and oxygen atoms in total. The third-order valence-corrected chi connectivity index (χ3v) is 6.39. The third-order valence-electron chi connectivity index (χ3n) is 4.55. The lowest BCUT2D eigenvalue weighted by Gasteiger charge is -2.34. The molecule has 1 amide bonds. The van der Waals surface area contributed by atoms with Crippen LogP contribution >= 0.6 is 0 Å². The van der Waals surface area contributed by atoms with Crippen molar-refractivity contribution in [3.63, 3.8) is 0 Å². The van der Waals surface area contributed by atoms with Crippen molar-refractivity contribution in [1.29, 1.82) is 0 Å². The molecule has 1 aromatic carbocycles. The van der Waals surface area contributed by atoms with E-state index in [1.54, 1.807) is 13.8 Å². The molecule has 156 valence electrons. The summed E-state index contributed by atoms with van der Waals surface area (Å²) in [6, 6.07) is 4.89. The molecule has 1 saturated heterocycles. The van der Waals surface area contributed by atoms with Crippen LogP contribution in [0.15, 0.2) is 29.2 Å². The predicted molar refractivity (Wildman–Crippen MR) is 103 cm³/mol. The first-order chi connectivity index (χ1) is 13.1. The molecule has 0 unspecified atom stereocenters. The second-order valence-electron chi connectivity index (χ2n) is 7.32. The van der Waals surface area contributed by atoms with Gasteiger partial charge in [0.2, 0.25) is 10.0 Å². The zero-order chi connectivity index (χ0) is 21.1. The SMILES string of the molecule is COC(=O)[C@H](NC(=O)c1ccc(S(=O)(=O)N2C[C@H](C)O[C@@H](C)C2)cc1)C(C)C. The Morgan fingerprint density at radius 3 is 2.14 bits per heavy atom. The van der Waals surface area contributed by atoms with E-state index in [9.17, 15) is 18.0 Å². The number of esters is 1. The van der Waals surface area contributed by atoms with Crippen molar-refractivity contribution in [3.8, 4) is 0 Å². The van der Waals surface area contributed by atoms with Crippen LogP contribution in [0.5, 0.6) is 0 Å². The number of morpholine rings is 1. The van der Waals surface area contributed by atoms with Crippen molar-refractivity contribution in [1.82, 2.24) is 9.62 Å². The van der Waals surface area contributed by atoms with Gasteiger partial charge in [0, 0.05) is 18.7 Å². The lowest BCUT2D eigenvalue weighted by atomic mass is 10.0. The Kier molecular flexibility index (Phi) is 7.19. The average molecular weight is 413 g/mol. The van der Waals surface area contributed by atoms with Gasteiger partial charge in [0.15, 0.2) is 0 Å². The van der Waals surface area contributed by atoms with Gasteiger partial charge >= 0.3 is 5.97 Å². The Labute approximate surface area is 166 Å². The highest BCUT2D eigenvalue weighted by Gasteiger charge is 2.32. The summed E-state index contributed by atoms with van der Waals surface area (Å²) in [6.07, 6.45) is -0.371. The lowest BCUT2D eigenvalue weighted by molar-refractivity contribution is -0.144. The summed E-state index contributed by atoms with van der Waals surface area (Å²) in [5.74, 6) is -1.15. The molecular weight excluding hydrogens is 384 g/mol.